The highest BCUT2D eigenvalue weighted by molar-refractivity contribution is 5.74. The lowest BCUT2D eigenvalue weighted by molar-refractivity contribution is -0.145. The fraction of sp³-hybridized carbons (Fsp3) is 0.222. The molecule has 0 aliphatic heterocycles. The SMILES string of the molecule is CC[C@@H](Oc1cccc(CN(N=O)c2nc3ccccc3o2)c1)C(=O)O. The van der Waals surface area contributed by atoms with E-state index in [0.717, 1.165) is 5.01 Å². The summed E-state index contributed by atoms with van der Waals surface area (Å²) in [5, 5.41) is 13.2. The maximum atomic E-state index is 11.3. The molecule has 0 aliphatic rings. The van der Waals surface area contributed by atoms with Gasteiger partial charge in [0.1, 0.15) is 11.3 Å². The number of ether oxygens (including phenoxy) is 1. The molecule has 1 N–H and O–H groups in total. The first kappa shape index (κ1) is 17.4. The molecular formula is C18H17N3O5. The van der Waals surface area contributed by atoms with E-state index in [0.29, 0.717) is 28.8 Å². The second-order valence-electron chi connectivity index (χ2n) is 5.60. The van der Waals surface area contributed by atoms with Crippen molar-refractivity contribution in [1.82, 2.24) is 4.98 Å². The number of benzene rings is 2. The molecule has 1 aromatic heterocycles. The molecule has 3 rings (SSSR count). The minimum atomic E-state index is -1.03. The predicted octanol–water partition coefficient (Wildman–Crippen LogP) is 3.76. The lowest BCUT2D eigenvalue weighted by Crippen LogP contribution is -2.26. The number of hydrogen-bond donors (Lipinski definition) is 1. The number of anilines is 1. The number of hydrogen-bond acceptors (Lipinski definition) is 6. The highest BCUT2D eigenvalue weighted by atomic mass is 16.5. The third-order valence-corrected chi connectivity index (χ3v) is 3.76. The molecular weight excluding hydrogens is 338 g/mol. The Hall–Kier alpha value is -3.42. The van der Waals surface area contributed by atoms with Gasteiger partial charge in [-0.2, -0.15) is 9.99 Å². The van der Waals surface area contributed by atoms with Crippen LogP contribution >= 0.6 is 0 Å². The molecule has 26 heavy (non-hydrogen) atoms. The van der Waals surface area contributed by atoms with E-state index in [1.54, 1.807) is 43.3 Å². The maximum absolute atomic E-state index is 11.3. The fourth-order valence-corrected chi connectivity index (χ4v) is 2.46. The van der Waals surface area contributed by atoms with Crippen LogP contribution in [-0.2, 0) is 11.3 Å². The number of fused-ring (bicyclic) bond motifs is 1. The van der Waals surface area contributed by atoms with Crippen molar-refractivity contribution in [2.24, 2.45) is 5.29 Å². The van der Waals surface area contributed by atoms with Gasteiger partial charge in [0, 0.05) is 0 Å². The number of aliphatic carboxylic acids is 1. The van der Waals surface area contributed by atoms with E-state index < -0.39 is 12.1 Å². The Balaban J connectivity index is 1.79. The molecule has 1 atom stereocenters. The van der Waals surface area contributed by atoms with Crippen molar-refractivity contribution < 1.29 is 19.1 Å². The number of carboxylic acids is 1. The molecule has 0 fully saturated rings. The van der Waals surface area contributed by atoms with E-state index in [9.17, 15) is 9.70 Å². The molecule has 0 saturated heterocycles. The van der Waals surface area contributed by atoms with Gasteiger partial charge in [0.05, 0.1) is 11.8 Å². The lowest BCUT2D eigenvalue weighted by atomic mass is 10.2. The Morgan fingerprint density at radius 3 is 2.81 bits per heavy atom. The molecule has 0 spiro atoms. The monoisotopic (exact) mass is 355 g/mol. The highest BCUT2D eigenvalue weighted by Gasteiger charge is 2.18. The Kier molecular flexibility index (Phi) is 5.12. The van der Waals surface area contributed by atoms with Gasteiger partial charge in [0.15, 0.2) is 11.7 Å². The van der Waals surface area contributed by atoms with Gasteiger partial charge in [-0.15, -0.1) is 4.91 Å². The summed E-state index contributed by atoms with van der Waals surface area (Å²) in [5.41, 5.74) is 1.88. The van der Waals surface area contributed by atoms with Crippen molar-refractivity contribution in [3.63, 3.8) is 0 Å². The summed E-state index contributed by atoms with van der Waals surface area (Å²) >= 11 is 0. The van der Waals surface area contributed by atoms with Crippen LogP contribution in [-0.4, -0.2) is 22.2 Å². The predicted molar refractivity (Wildman–Crippen MR) is 94.8 cm³/mol. The largest absolute Gasteiger partial charge is 0.479 e. The zero-order valence-electron chi connectivity index (χ0n) is 14.0. The van der Waals surface area contributed by atoms with Crippen molar-refractivity contribution in [2.45, 2.75) is 26.0 Å². The zero-order chi connectivity index (χ0) is 18.5. The number of nitroso groups, excluding NO2 is 1. The van der Waals surface area contributed by atoms with Crippen LogP contribution in [0.5, 0.6) is 5.75 Å². The number of carbonyl (C=O) groups is 1. The van der Waals surface area contributed by atoms with E-state index in [1.807, 2.05) is 12.1 Å². The van der Waals surface area contributed by atoms with Gasteiger partial charge in [0.25, 0.3) is 0 Å². The molecule has 0 unspecified atom stereocenters. The molecule has 1 heterocycles. The molecule has 134 valence electrons. The molecule has 0 saturated carbocycles. The minimum Gasteiger partial charge on any atom is -0.479 e. The molecule has 0 aliphatic carbocycles. The summed E-state index contributed by atoms with van der Waals surface area (Å²) in [5.74, 6) is -0.624. The van der Waals surface area contributed by atoms with E-state index in [-0.39, 0.29) is 12.6 Å². The molecule has 0 radical (unpaired) electrons. The third-order valence-electron chi connectivity index (χ3n) is 3.76. The van der Waals surface area contributed by atoms with Gasteiger partial charge in [-0.05, 0) is 36.2 Å². The van der Waals surface area contributed by atoms with Gasteiger partial charge < -0.3 is 14.3 Å². The Bertz CT molecular complexity index is 891. The average Bonchev–Trinajstić information content (AvgIpc) is 3.08. The van der Waals surface area contributed by atoms with E-state index in [4.69, 9.17) is 14.3 Å². The van der Waals surface area contributed by atoms with Crippen molar-refractivity contribution in [1.29, 1.82) is 0 Å². The summed E-state index contributed by atoms with van der Waals surface area (Å²) in [6.07, 6.45) is -0.590. The Labute approximate surface area is 149 Å². The molecule has 8 heteroatoms. The number of aromatic nitrogens is 1. The second-order valence-corrected chi connectivity index (χ2v) is 5.60. The normalized spacial score (nSPS) is 11.9. The van der Waals surface area contributed by atoms with E-state index >= 15 is 0 Å². The van der Waals surface area contributed by atoms with Crippen LogP contribution in [0.25, 0.3) is 11.1 Å². The standard InChI is InChI=1S/C18H17N3O5/c1-2-15(17(22)23)25-13-7-5-6-12(10-13)11-21(20-24)18-19-14-8-3-4-9-16(14)26-18/h3-10,15H,2,11H2,1H3,(H,22,23)/t15-/m1/s1. The van der Waals surface area contributed by atoms with E-state index in [2.05, 4.69) is 10.3 Å². The average molecular weight is 355 g/mol. The quantitative estimate of drug-likeness (QED) is 0.484. The second kappa shape index (κ2) is 7.64. The smallest absolute Gasteiger partial charge is 0.344 e. The van der Waals surface area contributed by atoms with Crippen molar-refractivity contribution in [2.75, 3.05) is 5.01 Å². The van der Waals surface area contributed by atoms with Crippen LogP contribution in [0.15, 0.2) is 58.2 Å². The highest BCUT2D eigenvalue weighted by Crippen LogP contribution is 2.24. The van der Waals surface area contributed by atoms with Gasteiger partial charge in [-0.1, -0.05) is 31.2 Å². The fourth-order valence-electron chi connectivity index (χ4n) is 2.46. The first-order chi connectivity index (χ1) is 12.6. The molecule has 2 aromatic carbocycles. The van der Waals surface area contributed by atoms with Crippen LogP contribution < -0.4 is 9.75 Å². The van der Waals surface area contributed by atoms with Crippen molar-refractivity contribution >= 4 is 23.1 Å². The molecule has 0 bridgehead atoms. The van der Waals surface area contributed by atoms with Gasteiger partial charge >= 0.3 is 12.0 Å². The maximum Gasteiger partial charge on any atom is 0.344 e. The van der Waals surface area contributed by atoms with Crippen LogP contribution in [0.3, 0.4) is 0 Å². The number of rotatable bonds is 8. The topological polar surface area (TPSA) is 105 Å². The lowest BCUT2D eigenvalue weighted by Gasteiger charge is -2.15. The molecule has 0 amide bonds. The minimum absolute atomic E-state index is 0.0875. The van der Waals surface area contributed by atoms with Gasteiger partial charge in [-0.3, -0.25) is 0 Å². The van der Waals surface area contributed by atoms with Gasteiger partial charge in [0.2, 0.25) is 0 Å². The van der Waals surface area contributed by atoms with Gasteiger partial charge in [-0.25, -0.2) is 4.79 Å². The number of nitrogens with zero attached hydrogens (tertiary/aromatic N) is 3. The third kappa shape index (κ3) is 3.80. The first-order valence-corrected chi connectivity index (χ1v) is 8.05. The number of oxazole rings is 1. The summed E-state index contributed by atoms with van der Waals surface area (Å²) in [4.78, 5) is 26.6. The van der Waals surface area contributed by atoms with Crippen LogP contribution in [0.1, 0.15) is 18.9 Å². The molecule has 3 aromatic rings. The van der Waals surface area contributed by atoms with Crippen LogP contribution in [0.2, 0.25) is 0 Å². The molecule has 8 nitrogen and oxygen atoms in total. The van der Waals surface area contributed by atoms with E-state index in [1.165, 1.54) is 0 Å². The summed E-state index contributed by atoms with van der Waals surface area (Å²) in [6.45, 7) is 1.84. The Morgan fingerprint density at radius 2 is 2.12 bits per heavy atom. The summed E-state index contributed by atoms with van der Waals surface area (Å²) < 4.78 is 11.0. The summed E-state index contributed by atoms with van der Waals surface area (Å²) in [6, 6.07) is 14.0. The Morgan fingerprint density at radius 1 is 1.31 bits per heavy atom. The van der Waals surface area contributed by atoms with Crippen LogP contribution in [0.4, 0.5) is 6.01 Å². The zero-order valence-corrected chi connectivity index (χ0v) is 14.0. The van der Waals surface area contributed by atoms with Crippen molar-refractivity contribution in [3.8, 4) is 5.75 Å². The first-order valence-electron chi connectivity index (χ1n) is 8.05. The number of carboxylic acid groups (broad SMARTS) is 1. The summed E-state index contributed by atoms with van der Waals surface area (Å²) in [7, 11) is 0. The van der Waals surface area contributed by atoms with Crippen LogP contribution in [0, 0.1) is 4.91 Å². The number of para-hydroxylation sites is 2. The van der Waals surface area contributed by atoms with Crippen molar-refractivity contribution in [3.05, 3.63) is 59.0 Å².